The summed E-state index contributed by atoms with van der Waals surface area (Å²) in [7, 11) is 0. The molecule has 0 bridgehead atoms. The average molecular weight is 344 g/mol. The fraction of sp³-hybridized carbons (Fsp3) is 0.500. The summed E-state index contributed by atoms with van der Waals surface area (Å²) in [6, 6.07) is -0.134. The highest BCUT2D eigenvalue weighted by Gasteiger charge is 2.41. The van der Waals surface area contributed by atoms with E-state index in [1.54, 1.807) is 16.2 Å². The summed E-state index contributed by atoms with van der Waals surface area (Å²) < 4.78 is 1.01. The lowest BCUT2D eigenvalue weighted by atomic mass is 9.98. The average Bonchev–Trinajstić information content (AvgIpc) is 2.91. The van der Waals surface area contributed by atoms with Crippen LogP contribution in [0.3, 0.4) is 0 Å². The van der Waals surface area contributed by atoms with Gasteiger partial charge in [-0.3, -0.25) is 4.79 Å². The number of halogens is 1. The zero-order chi connectivity index (χ0) is 14.0. The molecule has 0 aromatic carbocycles. The minimum Gasteiger partial charge on any atom is -0.388 e. The van der Waals surface area contributed by atoms with Crippen LogP contribution in [0.5, 0.6) is 0 Å². The van der Waals surface area contributed by atoms with Crippen molar-refractivity contribution in [3.05, 3.63) is 33.5 Å². The van der Waals surface area contributed by atoms with E-state index in [9.17, 15) is 9.90 Å². The lowest BCUT2D eigenvalue weighted by Crippen LogP contribution is -2.49. The van der Waals surface area contributed by atoms with Gasteiger partial charge < -0.3 is 10.0 Å². The van der Waals surface area contributed by atoms with Crippen LogP contribution in [-0.4, -0.2) is 27.6 Å². The van der Waals surface area contributed by atoms with E-state index in [-0.39, 0.29) is 11.9 Å². The monoisotopic (exact) mass is 343 g/mol. The van der Waals surface area contributed by atoms with Crippen LogP contribution in [0, 0.1) is 0 Å². The van der Waals surface area contributed by atoms with Gasteiger partial charge >= 0.3 is 0 Å². The molecule has 0 spiro atoms. The highest BCUT2D eigenvalue weighted by atomic mass is 79.9. The van der Waals surface area contributed by atoms with Crippen LogP contribution in [0.25, 0.3) is 0 Å². The van der Waals surface area contributed by atoms with Crippen molar-refractivity contribution in [2.45, 2.75) is 44.4 Å². The number of nitrogens with zero attached hydrogens (tertiary/aromatic N) is 1. The number of rotatable bonds is 4. The molecule has 19 heavy (non-hydrogen) atoms. The number of carbonyl (C=O) groups is 1. The van der Waals surface area contributed by atoms with Crippen molar-refractivity contribution in [3.8, 4) is 0 Å². The fourth-order valence-electron chi connectivity index (χ4n) is 2.69. The number of amides is 1. The lowest BCUT2D eigenvalue weighted by molar-refractivity contribution is -0.134. The molecule has 1 N–H and O–H groups in total. The summed E-state index contributed by atoms with van der Waals surface area (Å²) in [5.74, 6) is -0.120. The standard InChI is InChI=1S/C14H18BrNO2S/c1-3-13(17)16(7-10-8-19-9-11(10)15)12-5-4-6-14(12,2)18/h3,8-9,12,18H,1,4-7H2,2H3. The van der Waals surface area contributed by atoms with E-state index >= 15 is 0 Å². The third-order valence-corrected chi connectivity index (χ3v) is 5.58. The molecule has 0 radical (unpaired) electrons. The number of carbonyl (C=O) groups excluding carboxylic acids is 1. The summed E-state index contributed by atoms with van der Waals surface area (Å²) in [6.45, 7) is 5.90. The third-order valence-electron chi connectivity index (χ3n) is 3.74. The lowest BCUT2D eigenvalue weighted by Gasteiger charge is -2.36. The Labute approximate surface area is 126 Å². The molecule has 104 valence electrons. The summed E-state index contributed by atoms with van der Waals surface area (Å²) >= 11 is 5.08. The van der Waals surface area contributed by atoms with Crippen LogP contribution in [0.4, 0.5) is 0 Å². The van der Waals surface area contributed by atoms with Gasteiger partial charge in [-0.05, 0) is 59.1 Å². The van der Waals surface area contributed by atoms with Gasteiger partial charge in [-0.1, -0.05) is 6.58 Å². The molecule has 3 nitrogen and oxygen atoms in total. The molecule has 5 heteroatoms. The van der Waals surface area contributed by atoms with E-state index in [0.29, 0.717) is 6.54 Å². The van der Waals surface area contributed by atoms with Crippen molar-refractivity contribution >= 4 is 33.2 Å². The molecule has 1 fully saturated rings. The molecule has 2 unspecified atom stereocenters. The van der Waals surface area contributed by atoms with Crippen LogP contribution in [0.1, 0.15) is 31.7 Å². The maximum Gasteiger partial charge on any atom is 0.246 e. The first kappa shape index (κ1) is 14.8. The van der Waals surface area contributed by atoms with Gasteiger partial charge in [0.2, 0.25) is 5.91 Å². The van der Waals surface area contributed by atoms with Crippen molar-refractivity contribution < 1.29 is 9.90 Å². The number of hydrogen-bond donors (Lipinski definition) is 1. The summed E-state index contributed by atoms with van der Waals surface area (Å²) in [5.41, 5.74) is 0.268. The molecule has 1 aliphatic rings. The molecule has 1 aromatic heterocycles. The Kier molecular flexibility index (Phi) is 4.48. The number of hydrogen-bond acceptors (Lipinski definition) is 3. The maximum atomic E-state index is 12.1. The van der Waals surface area contributed by atoms with Crippen molar-refractivity contribution in [2.24, 2.45) is 0 Å². The van der Waals surface area contributed by atoms with E-state index in [1.807, 2.05) is 17.7 Å². The molecule has 1 heterocycles. The van der Waals surface area contributed by atoms with Gasteiger partial charge in [-0.2, -0.15) is 11.3 Å². The van der Waals surface area contributed by atoms with Crippen LogP contribution in [-0.2, 0) is 11.3 Å². The summed E-state index contributed by atoms with van der Waals surface area (Å²) in [6.07, 6.45) is 3.86. The topological polar surface area (TPSA) is 40.5 Å². The van der Waals surface area contributed by atoms with Gasteiger partial charge in [0.15, 0.2) is 0 Å². The van der Waals surface area contributed by atoms with Gasteiger partial charge in [0.05, 0.1) is 11.6 Å². The second kappa shape index (κ2) is 5.77. The molecule has 2 atom stereocenters. The second-order valence-electron chi connectivity index (χ2n) is 5.18. The van der Waals surface area contributed by atoms with Crippen molar-refractivity contribution in [1.29, 1.82) is 0 Å². The van der Waals surface area contributed by atoms with Gasteiger partial charge in [0.1, 0.15) is 0 Å². The SMILES string of the molecule is C=CC(=O)N(Cc1cscc1Br)C1CCCC1(C)O. The Morgan fingerprint density at radius 2 is 2.47 bits per heavy atom. The van der Waals surface area contributed by atoms with Crippen molar-refractivity contribution in [1.82, 2.24) is 4.90 Å². The number of aliphatic hydroxyl groups is 1. The van der Waals surface area contributed by atoms with Crippen molar-refractivity contribution in [2.75, 3.05) is 0 Å². The molecule has 0 aliphatic heterocycles. The molecular weight excluding hydrogens is 326 g/mol. The highest BCUT2D eigenvalue weighted by molar-refractivity contribution is 9.10. The van der Waals surface area contributed by atoms with Gasteiger partial charge in [0, 0.05) is 16.4 Å². The smallest absolute Gasteiger partial charge is 0.246 e. The Morgan fingerprint density at radius 3 is 2.95 bits per heavy atom. The first-order valence-corrected chi connectivity index (χ1v) is 8.05. The Bertz CT molecular complexity index is 484. The van der Waals surface area contributed by atoms with E-state index in [0.717, 1.165) is 29.3 Å². The summed E-state index contributed by atoms with van der Waals surface area (Å²) in [5, 5.41) is 14.5. The molecule has 1 saturated carbocycles. The molecule has 1 aliphatic carbocycles. The van der Waals surface area contributed by atoms with E-state index in [2.05, 4.69) is 22.5 Å². The predicted molar refractivity (Wildman–Crippen MR) is 81.0 cm³/mol. The van der Waals surface area contributed by atoms with Gasteiger partial charge in [-0.25, -0.2) is 0 Å². The molecule has 0 saturated heterocycles. The first-order valence-electron chi connectivity index (χ1n) is 6.31. The van der Waals surface area contributed by atoms with Gasteiger partial charge in [0.25, 0.3) is 0 Å². The van der Waals surface area contributed by atoms with Crippen LogP contribution >= 0.6 is 27.3 Å². The molecule has 1 aromatic rings. The van der Waals surface area contributed by atoms with Crippen LogP contribution in [0.2, 0.25) is 0 Å². The zero-order valence-electron chi connectivity index (χ0n) is 10.9. The Morgan fingerprint density at radius 1 is 1.74 bits per heavy atom. The van der Waals surface area contributed by atoms with Crippen LogP contribution in [0.15, 0.2) is 27.9 Å². The van der Waals surface area contributed by atoms with E-state index < -0.39 is 5.60 Å². The third kappa shape index (κ3) is 3.09. The van der Waals surface area contributed by atoms with Crippen molar-refractivity contribution in [3.63, 3.8) is 0 Å². The minimum atomic E-state index is -0.804. The first-order chi connectivity index (χ1) is 8.95. The normalized spacial score (nSPS) is 26.4. The van der Waals surface area contributed by atoms with Crippen LogP contribution < -0.4 is 0 Å². The largest absolute Gasteiger partial charge is 0.388 e. The molecule has 2 rings (SSSR count). The minimum absolute atomic E-state index is 0.120. The maximum absolute atomic E-state index is 12.1. The Hall–Kier alpha value is -0.650. The van der Waals surface area contributed by atoms with Gasteiger partial charge in [-0.15, -0.1) is 0 Å². The highest BCUT2D eigenvalue weighted by Crippen LogP contribution is 2.35. The number of thiophene rings is 1. The second-order valence-corrected chi connectivity index (χ2v) is 6.78. The fourth-order valence-corrected chi connectivity index (χ4v) is 4.11. The molecule has 1 amide bonds. The molecular formula is C14H18BrNO2S. The predicted octanol–water partition coefficient (Wildman–Crippen LogP) is 3.33. The van der Waals surface area contributed by atoms with E-state index in [4.69, 9.17) is 0 Å². The Balaban J connectivity index is 2.24. The summed E-state index contributed by atoms with van der Waals surface area (Å²) in [4.78, 5) is 13.9. The quantitative estimate of drug-likeness (QED) is 0.851. The van der Waals surface area contributed by atoms with E-state index in [1.165, 1.54) is 6.08 Å². The zero-order valence-corrected chi connectivity index (χ0v) is 13.3.